The molecule has 18 heavy (non-hydrogen) atoms. The average molecular weight is 264 g/mol. The molecule has 0 aromatic carbocycles. The summed E-state index contributed by atoms with van der Waals surface area (Å²) in [5, 5.41) is 0. The smallest absolute Gasteiger partial charge is 0.373 e. The summed E-state index contributed by atoms with van der Waals surface area (Å²) < 4.78 is 30.3. The second-order valence-corrected chi connectivity index (χ2v) is 4.45. The molecule has 1 unspecified atom stereocenters. The SMILES string of the molecule is CC(OC(=O)C1CCCCC1)C(C)(F)F.O=C=O. The molecule has 0 saturated heterocycles. The predicted molar refractivity (Wildman–Crippen MR) is 57.8 cm³/mol. The van der Waals surface area contributed by atoms with Gasteiger partial charge in [0.05, 0.1) is 5.92 Å². The summed E-state index contributed by atoms with van der Waals surface area (Å²) in [5.41, 5.74) is 0. The maximum atomic E-state index is 12.8. The summed E-state index contributed by atoms with van der Waals surface area (Å²) in [6, 6.07) is 0. The maximum Gasteiger partial charge on any atom is 0.373 e. The van der Waals surface area contributed by atoms with Crippen LogP contribution in [0.1, 0.15) is 46.0 Å². The van der Waals surface area contributed by atoms with Crippen molar-refractivity contribution >= 4 is 12.1 Å². The van der Waals surface area contributed by atoms with Crippen molar-refractivity contribution in [1.29, 1.82) is 0 Å². The van der Waals surface area contributed by atoms with E-state index < -0.39 is 18.0 Å². The van der Waals surface area contributed by atoms with Crippen molar-refractivity contribution in [2.75, 3.05) is 0 Å². The normalized spacial score (nSPS) is 18.0. The first-order valence-electron chi connectivity index (χ1n) is 5.90. The minimum Gasteiger partial charge on any atom is -0.456 e. The Morgan fingerprint density at radius 1 is 1.28 bits per heavy atom. The molecule has 1 aliphatic carbocycles. The Hall–Kier alpha value is -1.29. The summed E-state index contributed by atoms with van der Waals surface area (Å²) in [6.45, 7) is 2.01. The van der Waals surface area contributed by atoms with Gasteiger partial charge < -0.3 is 4.74 Å². The van der Waals surface area contributed by atoms with Gasteiger partial charge in [0, 0.05) is 6.92 Å². The fraction of sp³-hybridized carbons (Fsp3) is 0.833. The highest BCUT2D eigenvalue weighted by atomic mass is 19.3. The van der Waals surface area contributed by atoms with E-state index in [1.807, 2.05) is 0 Å². The van der Waals surface area contributed by atoms with Crippen LogP contribution in [0.3, 0.4) is 0 Å². The van der Waals surface area contributed by atoms with Gasteiger partial charge in [0.15, 0.2) is 6.10 Å². The zero-order valence-electron chi connectivity index (χ0n) is 10.6. The number of hydrogen-bond donors (Lipinski definition) is 0. The lowest BCUT2D eigenvalue weighted by Crippen LogP contribution is -2.34. The van der Waals surface area contributed by atoms with Gasteiger partial charge in [-0.05, 0) is 19.8 Å². The van der Waals surface area contributed by atoms with Crippen molar-refractivity contribution < 1.29 is 27.9 Å². The van der Waals surface area contributed by atoms with Crippen LogP contribution in [0.15, 0.2) is 0 Å². The molecule has 6 heteroatoms. The van der Waals surface area contributed by atoms with Crippen LogP contribution in [0.2, 0.25) is 0 Å². The molecule has 1 fully saturated rings. The topological polar surface area (TPSA) is 60.4 Å². The first-order valence-corrected chi connectivity index (χ1v) is 5.90. The third-order valence-electron chi connectivity index (χ3n) is 2.95. The van der Waals surface area contributed by atoms with Crippen LogP contribution >= 0.6 is 0 Å². The van der Waals surface area contributed by atoms with E-state index in [2.05, 4.69) is 0 Å². The zero-order valence-corrected chi connectivity index (χ0v) is 10.6. The van der Waals surface area contributed by atoms with Gasteiger partial charge >= 0.3 is 12.1 Å². The highest BCUT2D eigenvalue weighted by molar-refractivity contribution is 5.72. The molecular weight excluding hydrogens is 246 g/mol. The highest BCUT2D eigenvalue weighted by Gasteiger charge is 2.35. The average Bonchev–Trinajstić information content (AvgIpc) is 2.30. The molecule has 0 radical (unpaired) electrons. The molecule has 0 aliphatic heterocycles. The van der Waals surface area contributed by atoms with E-state index in [0.29, 0.717) is 0 Å². The molecule has 0 aromatic rings. The van der Waals surface area contributed by atoms with Gasteiger partial charge in [-0.25, -0.2) is 8.78 Å². The van der Waals surface area contributed by atoms with Gasteiger partial charge in [0.1, 0.15) is 0 Å². The van der Waals surface area contributed by atoms with E-state index >= 15 is 0 Å². The molecule has 0 N–H and O–H groups in total. The number of alkyl halides is 2. The molecular formula is C12H18F2O4. The minimum atomic E-state index is -2.95. The molecule has 0 aromatic heterocycles. The van der Waals surface area contributed by atoms with Gasteiger partial charge in [0.25, 0.3) is 5.92 Å². The fourth-order valence-electron chi connectivity index (χ4n) is 1.71. The number of rotatable bonds is 3. The maximum absolute atomic E-state index is 12.8. The number of carbonyl (C=O) groups is 1. The van der Waals surface area contributed by atoms with Crippen LogP contribution in [0.4, 0.5) is 8.78 Å². The van der Waals surface area contributed by atoms with Gasteiger partial charge in [-0.3, -0.25) is 4.79 Å². The van der Waals surface area contributed by atoms with Gasteiger partial charge in [-0.1, -0.05) is 19.3 Å². The molecule has 1 atom stereocenters. The summed E-state index contributed by atoms with van der Waals surface area (Å²) in [4.78, 5) is 27.7. The molecule has 104 valence electrons. The van der Waals surface area contributed by atoms with Crippen molar-refractivity contribution in [2.24, 2.45) is 5.92 Å². The number of esters is 1. The van der Waals surface area contributed by atoms with E-state index in [1.165, 1.54) is 6.92 Å². The van der Waals surface area contributed by atoms with E-state index in [-0.39, 0.29) is 12.1 Å². The van der Waals surface area contributed by atoms with Crippen molar-refractivity contribution in [1.82, 2.24) is 0 Å². The quantitative estimate of drug-likeness (QED) is 0.735. The van der Waals surface area contributed by atoms with Gasteiger partial charge in [0.2, 0.25) is 0 Å². The summed E-state index contributed by atoms with van der Waals surface area (Å²) >= 11 is 0. The second kappa shape index (κ2) is 7.93. The lowest BCUT2D eigenvalue weighted by atomic mass is 9.89. The summed E-state index contributed by atoms with van der Waals surface area (Å²) in [7, 11) is 0. The van der Waals surface area contributed by atoms with Gasteiger partial charge in [-0.15, -0.1) is 0 Å². The Labute approximate surface area is 105 Å². The van der Waals surface area contributed by atoms with Crippen LogP contribution in [0, 0.1) is 5.92 Å². The molecule has 0 spiro atoms. The van der Waals surface area contributed by atoms with E-state index in [1.54, 1.807) is 0 Å². The van der Waals surface area contributed by atoms with Gasteiger partial charge in [-0.2, -0.15) is 9.59 Å². The van der Waals surface area contributed by atoms with Crippen LogP contribution in [-0.4, -0.2) is 24.1 Å². The number of carbonyl (C=O) groups excluding carboxylic acids is 3. The molecule has 4 nitrogen and oxygen atoms in total. The summed E-state index contributed by atoms with van der Waals surface area (Å²) in [6.07, 6.45) is 3.60. The Balaban J connectivity index is 0.000000873. The standard InChI is InChI=1S/C11H18F2O2.CO2/c1-8(11(2,12)13)15-10(14)9-6-4-3-5-7-9;2-1-3/h8-9H,3-7H2,1-2H3;. The third-order valence-corrected chi connectivity index (χ3v) is 2.95. The van der Waals surface area contributed by atoms with E-state index in [9.17, 15) is 13.6 Å². The Kier molecular flexibility index (Phi) is 7.36. The molecule has 0 amide bonds. The molecule has 0 bridgehead atoms. The third kappa shape index (κ3) is 6.45. The van der Waals surface area contributed by atoms with Crippen LogP contribution in [-0.2, 0) is 19.1 Å². The number of ether oxygens (including phenoxy) is 1. The van der Waals surface area contributed by atoms with E-state index in [4.69, 9.17) is 14.3 Å². The largest absolute Gasteiger partial charge is 0.456 e. The Morgan fingerprint density at radius 2 is 1.72 bits per heavy atom. The Bertz CT molecular complexity index is 287. The van der Waals surface area contributed by atoms with Crippen LogP contribution in [0.25, 0.3) is 0 Å². The van der Waals surface area contributed by atoms with E-state index in [0.717, 1.165) is 39.0 Å². The number of halogens is 2. The molecule has 1 rings (SSSR count). The van der Waals surface area contributed by atoms with Crippen LogP contribution in [0.5, 0.6) is 0 Å². The molecule has 1 aliphatic rings. The first kappa shape index (κ1) is 16.7. The lowest BCUT2D eigenvalue weighted by molar-refractivity contribution is -0.191. The Morgan fingerprint density at radius 3 is 2.11 bits per heavy atom. The predicted octanol–water partition coefficient (Wildman–Crippen LogP) is 2.57. The molecule has 0 heterocycles. The minimum absolute atomic E-state index is 0.163. The monoisotopic (exact) mass is 264 g/mol. The number of hydrogen-bond acceptors (Lipinski definition) is 4. The first-order chi connectivity index (χ1) is 8.32. The van der Waals surface area contributed by atoms with Crippen molar-refractivity contribution in [3.8, 4) is 0 Å². The lowest BCUT2D eigenvalue weighted by Gasteiger charge is -2.24. The zero-order chi connectivity index (χ0) is 14.2. The van der Waals surface area contributed by atoms with Crippen molar-refractivity contribution in [3.05, 3.63) is 0 Å². The fourth-order valence-corrected chi connectivity index (χ4v) is 1.71. The summed E-state index contributed by atoms with van der Waals surface area (Å²) in [5.74, 6) is -3.57. The second-order valence-electron chi connectivity index (χ2n) is 4.45. The highest BCUT2D eigenvalue weighted by Crippen LogP contribution is 2.27. The molecule has 1 saturated carbocycles. The van der Waals surface area contributed by atoms with Crippen molar-refractivity contribution in [3.63, 3.8) is 0 Å². The van der Waals surface area contributed by atoms with Crippen LogP contribution < -0.4 is 0 Å². The van der Waals surface area contributed by atoms with Crippen molar-refractivity contribution in [2.45, 2.75) is 58.0 Å².